The maximum Gasteiger partial charge on any atom is 0.266 e. The molecule has 142 valence electrons. The van der Waals surface area contributed by atoms with Gasteiger partial charge >= 0.3 is 0 Å². The van der Waals surface area contributed by atoms with Crippen LogP contribution in [0.15, 0.2) is 42.0 Å². The van der Waals surface area contributed by atoms with Crippen molar-refractivity contribution in [3.8, 4) is 23.6 Å². The predicted molar refractivity (Wildman–Crippen MR) is 115 cm³/mol. The summed E-state index contributed by atoms with van der Waals surface area (Å²) in [5, 5.41) is 20.9. The number of nitrogens with one attached hydrogen (secondary N) is 1. The Hall–Kier alpha value is -3.04. The van der Waals surface area contributed by atoms with Gasteiger partial charge in [0.1, 0.15) is 17.7 Å². The van der Waals surface area contributed by atoms with Crippen LogP contribution in [0.25, 0.3) is 6.08 Å². The highest BCUT2D eigenvalue weighted by Gasteiger charge is 2.14. The van der Waals surface area contributed by atoms with Crippen LogP contribution >= 0.6 is 22.6 Å². The molecule has 2 aromatic rings. The summed E-state index contributed by atoms with van der Waals surface area (Å²) in [4.78, 5) is 12.5. The third kappa shape index (κ3) is 5.48. The number of amides is 1. The number of hydrogen-bond donors (Lipinski definition) is 1. The van der Waals surface area contributed by atoms with Crippen molar-refractivity contribution in [3.05, 3.63) is 56.7 Å². The SMILES string of the molecule is CCOc1cc(/C=C(\C#N)C(=O)Nc2ccccc2C)cc(I)c1OCC#N. The van der Waals surface area contributed by atoms with Gasteiger partial charge in [0.15, 0.2) is 18.1 Å². The minimum Gasteiger partial charge on any atom is -0.490 e. The molecule has 2 aromatic carbocycles. The molecule has 0 bridgehead atoms. The number of benzene rings is 2. The average molecular weight is 487 g/mol. The first kappa shape index (κ1) is 21.3. The number of carbonyl (C=O) groups is 1. The Labute approximate surface area is 177 Å². The van der Waals surface area contributed by atoms with Crippen molar-refractivity contribution in [2.45, 2.75) is 13.8 Å². The Morgan fingerprint density at radius 2 is 2.00 bits per heavy atom. The van der Waals surface area contributed by atoms with Crippen molar-refractivity contribution in [2.75, 3.05) is 18.5 Å². The number of hydrogen-bond acceptors (Lipinski definition) is 5. The fraction of sp³-hybridized carbons (Fsp3) is 0.190. The van der Waals surface area contributed by atoms with Crippen LogP contribution in [0.3, 0.4) is 0 Å². The van der Waals surface area contributed by atoms with Gasteiger partial charge in [0.25, 0.3) is 5.91 Å². The molecule has 0 heterocycles. The van der Waals surface area contributed by atoms with Crippen molar-refractivity contribution < 1.29 is 14.3 Å². The zero-order valence-electron chi connectivity index (χ0n) is 15.5. The fourth-order valence-electron chi connectivity index (χ4n) is 2.40. The summed E-state index contributed by atoms with van der Waals surface area (Å²) in [6.07, 6.45) is 1.49. The second-order valence-electron chi connectivity index (χ2n) is 5.65. The van der Waals surface area contributed by atoms with Crippen LogP contribution in [0.5, 0.6) is 11.5 Å². The van der Waals surface area contributed by atoms with E-state index in [1.165, 1.54) is 6.08 Å². The quantitative estimate of drug-likeness (QED) is 0.354. The van der Waals surface area contributed by atoms with Gasteiger partial charge in [-0.15, -0.1) is 0 Å². The number of carbonyl (C=O) groups excluding carboxylic acids is 1. The molecule has 0 aliphatic rings. The number of para-hydroxylation sites is 1. The molecule has 0 saturated carbocycles. The lowest BCUT2D eigenvalue weighted by Crippen LogP contribution is -2.14. The summed E-state index contributed by atoms with van der Waals surface area (Å²) in [5.74, 6) is 0.422. The van der Waals surface area contributed by atoms with E-state index in [9.17, 15) is 10.1 Å². The van der Waals surface area contributed by atoms with Gasteiger partial charge in [0.05, 0.1) is 10.2 Å². The first-order valence-corrected chi connectivity index (χ1v) is 9.52. The molecule has 0 spiro atoms. The molecule has 7 heteroatoms. The number of nitriles is 2. The molecular weight excluding hydrogens is 469 g/mol. The van der Waals surface area contributed by atoms with Crippen molar-refractivity contribution in [2.24, 2.45) is 0 Å². The molecule has 2 rings (SSSR count). The first-order valence-electron chi connectivity index (χ1n) is 8.45. The van der Waals surface area contributed by atoms with Crippen LogP contribution in [0.1, 0.15) is 18.1 Å². The summed E-state index contributed by atoms with van der Waals surface area (Å²) in [7, 11) is 0. The molecule has 1 amide bonds. The third-order valence-corrected chi connectivity index (χ3v) is 4.48. The lowest BCUT2D eigenvalue weighted by atomic mass is 10.1. The minimum atomic E-state index is -0.491. The van der Waals surface area contributed by atoms with Crippen LogP contribution in [0.4, 0.5) is 5.69 Å². The van der Waals surface area contributed by atoms with Crippen LogP contribution in [-0.4, -0.2) is 19.1 Å². The van der Waals surface area contributed by atoms with Gasteiger partial charge < -0.3 is 14.8 Å². The minimum absolute atomic E-state index is 0.0350. The van der Waals surface area contributed by atoms with Gasteiger partial charge in [-0.05, 0) is 71.8 Å². The predicted octanol–water partition coefficient (Wildman–Crippen LogP) is 4.45. The Kier molecular flexibility index (Phi) is 7.85. The monoisotopic (exact) mass is 487 g/mol. The number of nitrogens with zero attached hydrogens (tertiary/aromatic N) is 2. The zero-order chi connectivity index (χ0) is 20.5. The summed E-state index contributed by atoms with van der Waals surface area (Å²) < 4.78 is 11.7. The molecule has 0 atom stereocenters. The maximum atomic E-state index is 12.5. The lowest BCUT2D eigenvalue weighted by molar-refractivity contribution is -0.112. The van der Waals surface area contributed by atoms with Crippen LogP contribution in [0.2, 0.25) is 0 Å². The molecule has 0 saturated heterocycles. The van der Waals surface area contributed by atoms with E-state index in [-0.39, 0.29) is 12.2 Å². The van der Waals surface area contributed by atoms with Crippen LogP contribution in [0, 0.1) is 33.2 Å². The van der Waals surface area contributed by atoms with E-state index >= 15 is 0 Å². The second-order valence-corrected chi connectivity index (χ2v) is 6.81. The van der Waals surface area contributed by atoms with E-state index < -0.39 is 5.91 Å². The van der Waals surface area contributed by atoms with E-state index in [0.29, 0.717) is 32.9 Å². The van der Waals surface area contributed by atoms with E-state index in [1.807, 2.05) is 44.2 Å². The number of anilines is 1. The average Bonchev–Trinajstić information content (AvgIpc) is 2.67. The molecule has 0 aliphatic heterocycles. The molecule has 1 N–H and O–H groups in total. The molecule has 28 heavy (non-hydrogen) atoms. The standard InChI is InChI=1S/C21H18IN3O3/c1-3-27-19-12-15(11-17(22)20(19)28-9-8-23)10-16(13-24)21(26)25-18-7-5-4-6-14(18)2/h4-7,10-12H,3,9H2,1-2H3,(H,25,26)/b16-10+. The Morgan fingerprint density at radius 1 is 1.25 bits per heavy atom. The number of ether oxygens (including phenoxy) is 2. The molecular formula is C21H18IN3O3. The van der Waals surface area contributed by atoms with Crippen LogP contribution < -0.4 is 14.8 Å². The number of rotatable bonds is 7. The molecule has 0 aromatic heterocycles. The Balaban J connectivity index is 2.35. The van der Waals surface area contributed by atoms with E-state index in [0.717, 1.165) is 5.56 Å². The lowest BCUT2D eigenvalue weighted by Gasteiger charge is -2.13. The van der Waals surface area contributed by atoms with Gasteiger partial charge in [-0.2, -0.15) is 10.5 Å². The fourth-order valence-corrected chi connectivity index (χ4v) is 3.18. The van der Waals surface area contributed by atoms with Gasteiger partial charge in [-0.1, -0.05) is 18.2 Å². The Morgan fingerprint density at radius 3 is 2.64 bits per heavy atom. The normalized spacial score (nSPS) is 10.5. The molecule has 6 nitrogen and oxygen atoms in total. The first-order chi connectivity index (χ1) is 13.5. The number of aryl methyl sites for hydroxylation is 1. The highest BCUT2D eigenvalue weighted by Crippen LogP contribution is 2.35. The maximum absolute atomic E-state index is 12.5. The van der Waals surface area contributed by atoms with Crippen LogP contribution in [-0.2, 0) is 4.79 Å². The Bertz CT molecular complexity index is 987. The second kappa shape index (κ2) is 10.3. The van der Waals surface area contributed by atoms with Gasteiger partial charge in [0, 0.05) is 5.69 Å². The van der Waals surface area contributed by atoms with E-state index in [1.54, 1.807) is 18.2 Å². The molecule has 0 radical (unpaired) electrons. The van der Waals surface area contributed by atoms with Crippen molar-refractivity contribution in [1.29, 1.82) is 10.5 Å². The molecule has 0 fully saturated rings. The van der Waals surface area contributed by atoms with Gasteiger partial charge in [-0.3, -0.25) is 4.79 Å². The topological polar surface area (TPSA) is 95.1 Å². The largest absolute Gasteiger partial charge is 0.490 e. The molecule has 0 unspecified atom stereocenters. The number of halogens is 1. The molecule has 0 aliphatic carbocycles. The van der Waals surface area contributed by atoms with Gasteiger partial charge in [-0.25, -0.2) is 0 Å². The van der Waals surface area contributed by atoms with Crippen molar-refractivity contribution >= 4 is 40.3 Å². The highest BCUT2D eigenvalue weighted by molar-refractivity contribution is 14.1. The highest BCUT2D eigenvalue weighted by atomic mass is 127. The van der Waals surface area contributed by atoms with Crippen molar-refractivity contribution in [3.63, 3.8) is 0 Å². The zero-order valence-corrected chi connectivity index (χ0v) is 17.6. The summed E-state index contributed by atoms with van der Waals surface area (Å²) in [5.41, 5.74) is 2.14. The summed E-state index contributed by atoms with van der Waals surface area (Å²) in [6, 6.07) is 14.6. The smallest absolute Gasteiger partial charge is 0.266 e. The van der Waals surface area contributed by atoms with E-state index in [2.05, 4.69) is 27.9 Å². The van der Waals surface area contributed by atoms with Crippen molar-refractivity contribution in [1.82, 2.24) is 0 Å². The summed E-state index contributed by atoms with van der Waals surface area (Å²) >= 11 is 2.06. The van der Waals surface area contributed by atoms with E-state index in [4.69, 9.17) is 14.7 Å². The summed E-state index contributed by atoms with van der Waals surface area (Å²) in [6.45, 7) is 4.01. The van der Waals surface area contributed by atoms with Gasteiger partial charge in [0.2, 0.25) is 0 Å². The third-order valence-electron chi connectivity index (χ3n) is 3.68.